The molecule has 18 heavy (non-hydrogen) atoms. The predicted molar refractivity (Wildman–Crippen MR) is 74.9 cm³/mol. The van der Waals surface area contributed by atoms with Crippen LogP contribution in [0.3, 0.4) is 0 Å². The van der Waals surface area contributed by atoms with E-state index in [-0.39, 0.29) is 0 Å². The van der Waals surface area contributed by atoms with Crippen LogP contribution in [0, 0.1) is 13.8 Å². The normalized spacial score (nSPS) is 11.7. The summed E-state index contributed by atoms with van der Waals surface area (Å²) in [5.74, 6) is 1.49. The molecule has 2 N–H and O–H groups in total. The summed E-state index contributed by atoms with van der Waals surface area (Å²) in [7, 11) is 0. The van der Waals surface area contributed by atoms with Gasteiger partial charge in [-0.05, 0) is 31.5 Å². The summed E-state index contributed by atoms with van der Waals surface area (Å²) in [6, 6.07) is 7.70. The van der Waals surface area contributed by atoms with Crippen LogP contribution in [0.2, 0.25) is 0 Å². The highest BCUT2D eigenvalue weighted by atomic mass is 16.4. The first-order chi connectivity index (χ1) is 8.65. The first-order valence-corrected chi connectivity index (χ1v) is 5.79. The van der Waals surface area contributed by atoms with Crippen LogP contribution in [0.5, 0.6) is 0 Å². The van der Waals surface area contributed by atoms with Crippen LogP contribution >= 0.6 is 0 Å². The molecule has 0 aliphatic rings. The van der Waals surface area contributed by atoms with Gasteiger partial charge < -0.3 is 10.2 Å². The van der Waals surface area contributed by atoms with Crippen molar-refractivity contribution in [2.45, 2.75) is 13.8 Å². The van der Waals surface area contributed by atoms with E-state index < -0.39 is 0 Å². The van der Waals surface area contributed by atoms with Crippen molar-refractivity contribution >= 4 is 17.8 Å². The molecule has 0 aliphatic heterocycles. The van der Waals surface area contributed by atoms with E-state index in [1.165, 1.54) is 0 Å². The fraction of sp³-hybridized carbons (Fsp3) is 0.133. The molecule has 0 atom stereocenters. The number of oxazole rings is 1. The zero-order valence-corrected chi connectivity index (χ0v) is 10.6. The van der Waals surface area contributed by atoms with Gasteiger partial charge in [-0.25, -0.2) is 4.98 Å². The van der Waals surface area contributed by atoms with E-state index in [4.69, 9.17) is 10.2 Å². The fourth-order valence-corrected chi connectivity index (χ4v) is 1.48. The van der Waals surface area contributed by atoms with Gasteiger partial charge in [0.15, 0.2) is 0 Å². The van der Waals surface area contributed by atoms with Gasteiger partial charge in [-0.15, -0.1) is 0 Å². The Bertz CT molecular complexity index is 558. The van der Waals surface area contributed by atoms with E-state index in [0.717, 1.165) is 22.7 Å². The molecule has 2 aromatic rings. The van der Waals surface area contributed by atoms with Crippen LogP contribution in [-0.4, -0.2) is 4.98 Å². The van der Waals surface area contributed by atoms with Gasteiger partial charge in [-0.1, -0.05) is 30.4 Å². The van der Waals surface area contributed by atoms with E-state index in [2.05, 4.69) is 4.98 Å². The van der Waals surface area contributed by atoms with Crippen LogP contribution in [-0.2, 0) is 0 Å². The zero-order chi connectivity index (χ0) is 13.0. The van der Waals surface area contributed by atoms with E-state index in [0.29, 0.717) is 5.89 Å². The minimum absolute atomic E-state index is 0.631. The molecule has 0 radical (unpaired) electrons. The number of rotatable bonds is 3. The maximum absolute atomic E-state index is 5.62. The third-order valence-electron chi connectivity index (χ3n) is 2.62. The molecule has 0 fully saturated rings. The second-order valence-electron chi connectivity index (χ2n) is 4.08. The number of allylic oxidation sites excluding steroid dienone is 2. The SMILES string of the molecule is Cc1nc(/C=C/C=C/c2ccc(N)cc2)oc1C. The molecule has 0 bridgehead atoms. The average Bonchev–Trinajstić information content (AvgIpc) is 2.67. The summed E-state index contributed by atoms with van der Waals surface area (Å²) in [6.07, 6.45) is 7.69. The highest BCUT2D eigenvalue weighted by Crippen LogP contribution is 2.10. The molecule has 3 nitrogen and oxygen atoms in total. The number of aromatic nitrogens is 1. The molecule has 1 aromatic heterocycles. The van der Waals surface area contributed by atoms with E-state index in [1.807, 2.05) is 62.4 Å². The topological polar surface area (TPSA) is 52.0 Å². The standard InChI is InChI=1S/C15H16N2O/c1-11-12(2)18-15(17-11)6-4-3-5-13-7-9-14(16)10-8-13/h3-10H,16H2,1-2H3/b5-3+,6-4+. The zero-order valence-electron chi connectivity index (χ0n) is 10.6. The molecule has 3 heteroatoms. The highest BCUT2D eigenvalue weighted by Gasteiger charge is 2.00. The summed E-state index contributed by atoms with van der Waals surface area (Å²) < 4.78 is 5.43. The molecular formula is C15H16N2O. The van der Waals surface area contributed by atoms with Crippen LogP contribution in [0.1, 0.15) is 22.9 Å². The Hall–Kier alpha value is -2.29. The van der Waals surface area contributed by atoms with Gasteiger partial charge in [0.1, 0.15) is 5.76 Å². The van der Waals surface area contributed by atoms with Crippen LogP contribution in [0.25, 0.3) is 12.2 Å². The van der Waals surface area contributed by atoms with Gasteiger partial charge in [0, 0.05) is 11.8 Å². The molecule has 0 saturated carbocycles. The molecule has 0 saturated heterocycles. The number of hydrogen-bond acceptors (Lipinski definition) is 3. The summed E-state index contributed by atoms with van der Waals surface area (Å²) in [4.78, 5) is 4.26. The second-order valence-corrected chi connectivity index (χ2v) is 4.08. The summed E-state index contributed by atoms with van der Waals surface area (Å²) in [5.41, 5.74) is 8.42. The quantitative estimate of drug-likeness (QED) is 0.658. The number of aryl methyl sites for hydroxylation is 2. The van der Waals surface area contributed by atoms with Gasteiger partial charge in [0.2, 0.25) is 5.89 Å². The molecule has 92 valence electrons. The first-order valence-electron chi connectivity index (χ1n) is 5.79. The lowest BCUT2D eigenvalue weighted by molar-refractivity contribution is 0.515. The van der Waals surface area contributed by atoms with E-state index in [1.54, 1.807) is 0 Å². The van der Waals surface area contributed by atoms with Gasteiger partial charge in [-0.2, -0.15) is 0 Å². The Morgan fingerprint density at radius 1 is 1.06 bits per heavy atom. The molecule has 0 spiro atoms. The Morgan fingerprint density at radius 2 is 1.72 bits per heavy atom. The summed E-state index contributed by atoms with van der Waals surface area (Å²) in [5, 5.41) is 0. The monoisotopic (exact) mass is 240 g/mol. The fourth-order valence-electron chi connectivity index (χ4n) is 1.48. The van der Waals surface area contributed by atoms with Crippen molar-refractivity contribution < 1.29 is 4.42 Å². The van der Waals surface area contributed by atoms with Crippen molar-refractivity contribution in [1.29, 1.82) is 0 Å². The van der Waals surface area contributed by atoms with Gasteiger partial charge >= 0.3 is 0 Å². The maximum Gasteiger partial charge on any atom is 0.219 e. The van der Waals surface area contributed by atoms with Gasteiger partial charge in [0.25, 0.3) is 0 Å². The van der Waals surface area contributed by atoms with Crippen LogP contribution < -0.4 is 5.73 Å². The molecule has 2 rings (SSSR count). The number of anilines is 1. The number of nitrogen functional groups attached to an aromatic ring is 1. The number of hydrogen-bond donors (Lipinski definition) is 1. The van der Waals surface area contributed by atoms with Crippen molar-refractivity contribution in [3.05, 3.63) is 59.3 Å². The lowest BCUT2D eigenvalue weighted by atomic mass is 10.2. The predicted octanol–water partition coefficient (Wildman–Crippen LogP) is 3.60. The molecular weight excluding hydrogens is 224 g/mol. The van der Waals surface area contributed by atoms with Crippen LogP contribution in [0.15, 0.2) is 40.8 Å². The van der Waals surface area contributed by atoms with Crippen molar-refractivity contribution in [3.8, 4) is 0 Å². The molecule has 0 amide bonds. The van der Waals surface area contributed by atoms with Crippen molar-refractivity contribution in [2.75, 3.05) is 5.73 Å². The number of nitrogens with zero attached hydrogens (tertiary/aromatic N) is 1. The maximum atomic E-state index is 5.62. The largest absolute Gasteiger partial charge is 0.442 e. The highest BCUT2D eigenvalue weighted by molar-refractivity contribution is 5.56. The number of benzene rings is 1. The molecule has 0 aliphatic carbocycles. The minimum atomic E-state index is 0.631. The second kappa shape index (κ2) is 5.36. The molecule has 0 unspecified atom stereocenters. The molecule has 1 aromatic carbocycles. The molecule has 1 heterocycles. The van der Waals surface area contributed by atoms with Gasteiger partial charge in [0.05, 0.1) is 5.69 Å². The third-order valence-corrected chi connectivity index (χ3v) is 2.62. The Kier molecular flexibility index (Phi) is 3.63. The number of nitrogens with two attached hydrogens (primary N) is 1. The summed E-state index contributed by atoms with van der Waals surface area (Å²) in [6.45, 7) is 3.84. The van der Waals surface area contributed by atoms with Crippen molar-refractivity contribution in [2.24, 2.45) is 0 Å². The Labute approximate surface area is 107 Å². The minimum Gasteiger partial charge on any atom is -0.442 e. The smallest absolute Gasteiger partial charge is 0.219 e. The van der Waals surface area contributed by atoms with Crippen molar-refractivity contribution in [1.82, 2.24) is 4.98 Å². The Morgan fingerprint density at radius 3 is 2.33 bits per heavy atom. The van der Waals surface area contributed by atoms with Crippen LogP contribution in [0.4, 0.5) is 5.69 Å². The van der Waals surface area contributed by atoms with Gasteiger partial charge in [-0.3, -0.25) is 0 Å². The van der Waals surface area contributed by atoms with Crippen molar-refractivity contribution in [3.63, 3.8) is 0 Å². The summed E-state index contributed by atoms with van der Waals surface area (Å²) >= 11 is 0. The third kappa shape index (κ3) is 3.10. The van der Waals surface area contributed by atoms with E-state index >= 15 is 0 Å². The average molecular weight is 240 g/mol. The Balaban J connectivity index is 2.00. The lowest BCUT2D eigenvalue weighted by Crippen LogP contribution is -1.82. The lowest BCUT2D eigenvalue weighted by Gasteiger charge is -1.93. The first kappa shape index (κ1) is 12.2. The van der Waals surface area contributed by atoms with E-state index in [9.17, 15) is 0 Å².